The van der Waals surface area contributed by atoms with Crippen LogP contribution in [0.5, 0.6) is 23.0 Å². The van der Waals surface area contributed by atoms with Crippen molar-refractivity contribution >= 4 is 17.6 Å². The van der Waals surface area contributed by atoms with Crippen LogP contribution in [0.1, 0.15) is 46.8 Å². The fraction of sp³-hybridized carbons (Fsp3) is 0.152. The Balaban J connectivity index is 1.34. The summed E-state index contributed by atoms with van der Waals surface area (Å²) in [5.74, 6) is 1.00. The third-order valence-electron chi connectivity index (χ3n) is 6.43. The molecule has 1 heterocycles. The highest BCUT2D eigenvalue weighted by molar-refractivity contribution is 6.31. The normalized spacial score (nSPS) is 14.1. The second-order valence-electron chi connectivity index (χ2n) is 9.65. The Kier molecular flexibility index (Phi) is 8.14. The number of benzene rings is 4. The predicted octanol–water partition coefficient (Wildman–Crippen LogP) is 7.14. The van der Waals surface area contributed by atoms with Crippen LogP contribution in [0.15, 0.2) is 102 Å². The Labute approximate surface area is 243 Å². The first kappa shape index (κ1) is 27.6. The Morgan fingerprint density at radius 1 is 0.976 bits per heavy atom. The van der Waals surface area contributed by atoms with Crippen molar-refractivity contribution in [2.75, 3.05) is 0 Å². The Morgan fingerprint density at radius 2 is 1.66 bits per heavy atom. The number of nitriles is 1. The van der Waals surface area contributed by atoms with Crippen LogP contribution in [-0.4, -0.2) is 12.1 Å². The molecule has 0 saturated carbocycles. The van der Waals surface area contributed by atoms with Crippen molar-refractivity contribution in [1.29, 1.82) is 5.26 Å². The van der Waals surface area contributed by atoms with E-state index in [1.54, 1.807) is 42.5 Å². The van der Waals surface area contributed by atoms with Gasteiger partial charge in [0.15, 0.2) is 0 Å². The lowest BCUT2D eigenvalue weighted by Crippen LogP contribution is -2.21. The van der Waals surface area contributed by atoms with Gasteiger partial charge in [0.1, 0.15) is 41.2 Å². The van der Waals surface area contributed by atoms with Crippen molar-refractivity contribution in [3.05, 3.63) is 130 Å². The molecule has 1 aliphatic heterocycles. The third kappa shape index (κ3) is 6.29. The molecule has 0 fully saturated rings. The topological polar surface area (TPSA) is 104 Å². The molecule has 0 spiro atoms. The van der Waals surface area contributed by atoms with Crippen molar-refractivity contribution in [3.8, 4) is 29.1 Å². The molecule has 206 valence electrons. The number of carbonyl (C=O) groups excluding carboxylic acids is 1. The zero-order chi connectivity index (χ0) is 28.9. The smallest absolute Gasteiger partial charge is 0.343 e. The van der Waals surface area contributed by atoms with Gasteiger partial charge in [-0.05, 0) is 67.9 Å². The van der Waals surface area contributed by atoms with Gasteiger partial charge in [-0.2, -0.15) is 5.26 Å². The molecule has 2 N–H and O–H groups in total. The van der Waals surface area contributed by atoms with E-state index in [4.69, 9.17) is 36.3 Å². The molecule has 5 rings (SSSR count). The van der Waals surface area contributed by atoms with E-state index in [1.165, 1.54) is 0 Å². The summed E-state index contributed by atoms with van der Waals surface area (Å²) in [5.41, 5.74) is 9.25. The van der Waals surface area contributed by atoms with Crippen LogP contribution in [0.2, 0.25) is 5.02 Å². The van der Waals surface area contributed by atoms with Gasteiger partial charge in [0.2, 0.25) is 5.88 Å². The number of carbonyl (C=O) groups is 1. The molecule has 0 radical (unpaired) electrons. The molecule has 4 aromatic carbocycles. The molecule has 1 aliphatic rings. The van der Waals surface area contributed by atoms with Crippen molar-refractivity contribution < 1.29 is 23.7 Å². The largest absolute Gasteiger partial charge is 0.491 e. The number of allylic oxidation sites excluding steroid dienone is 1. The average Bonchev–Trinajstić information content (AvgIpc) is 2.96. The van der Waals surface area contributed by atoms with E-state index < -0.39 is 11.9 Å². The van der Waals surface area contributed by atoms with E-state index >= 15 is 0 Å². The van der Waals surface area contributed by atoms with Crippen molar-refractivity contribution in [2.24, 2.45) is 5.73 Å². The van der Waals surface area contributed by atoms with Crippen LogP contribution in [0.3, 0.4) is 0 Å². The van der Waals surface area contributed by atoms with Crippen LogP contribution in [0, 0.1) is 11.3 Å². The SMILES string of the molecule is CC(C)Oc1ccc(C(=O)Oc2ccc3c(c2)OC(N)=C(C#N)C3c2ccc(OCc3ccccc3Cl)cc2)cc1. The van der Waals surface area contributed by atoms with Gasteiger partial charge in [-0.25, -0.2) is 4.79 Å². The summed E-state index contributed by atoms with van der Waals surface area (Å²) >= 11 is 6.23. The third-order valence-corrected chi connectivity index (χ3v) is 6.80. The van der Waals surface area contributed by atoms with Crippen LogP contribution >= 0.6 is 11.6 Å². The maximum Gasteiger partial charge on any atom is 0.343 e. The second kappa shape index (κ2) is 12.1. The lowest BCUT2D eigenvalue weighted by Gasteiger charge is -2.26. The molecule has 1 unspecified atom stereocenters. The number of hydrogen-bond donors (Lipinski definition) is 1. The lowest BCUT2D eigenvalue weighted by molar-refractivity contribution is 0.0734. The Hall–Kier alpha value is -4.93. The first-order valence-electron chi connectivity index (χ1n) is 13.0. The van der Waals surface area contributed by atoms with E-state index in [2.05, 4.69) is 6.07 Å². The maximum atomic E-state index is 12.8. The molecule has 7 nitrogen and oxygen atoms in total. The molecule has 0 aliphatic carbocycles. The number of esters is 1. The quantitative estimate of drug-likeness (QED) is 0.178. The summed E-state index contributed by atoms with van der Waals surface area (Å²) in [6, 6.07) is 28.9. The van der Waals surface area contributed by atoms with Crippen molar-refractivity contribution in [2.45, 2.75) is 32.5 Å². The molecule has 1 atom stereocenters. The Bertz CT molecular complexity index is 1640. The number of nitrogens with two attached hydrogens (primary N) is 1. The minimum absolute atomic E-state index is 0.00624. The van der Waals surface area contributed by atoms with Crippen LogP contribution in [0.25, 0.3) is 0 Å². The van der Waals surface area contributed by atoms with Gasteiger partial charge in [0, 0.05) is 22.2 Å². The average molecular weight is 567 g/mol. The van der Waals surface area contributed by atoms with E-state index in [-0.39, 0.29) is 23.3 Å². The molecular formula is C33H27ClN2O5. The number of fused-ring (bicyclic) bond motifs is 1. The van der Waals surface area contributed by atoms with Crippen molar-refractivity contribution in [3.63, 3.8) is 0 Å². The molecule has 41 heavy (non-hydrogen) atoms. The molecule has 0 saturated heterocycles. The highest BCUT2D eigenvalue weighted by Gasteiger charge is 2.31. The summed E-state index contributed by atoms with van der Waals surface area (Å²) in [4.78, 5) is 12.8. The highest BCUT2D eigenvalue weighted by Crippen LogP contribution is 2.43. The summed E-state index contributed by atoms with van der Waals surface area (Å²) in [7, 11) is 0. The Morgan fingerprint density at radius 3 is 2.34 bits per heavy atom. The van der Waals surface area contributed by atoms with E-state index in [0.29, 0.717) is 34.4 Å². The molecule has 8 heteroatoms. The van der Waals surface area contributed by atoms with Gasteiger partial charge in [-0.15, -0.1) is 0 Å². The monoisotopic (exact) mass is 566 g/mol. The van der Waals surface area contributed by atoms with Crippen molar-refractivity contribution in [1.82, 2.24) is 0 Å². The standard InChI is InChI=1S/C33H27ClN2O5/c1-20(2)39-25-13-9-22(10-14-25)33(37)40-26-15-16-27-30(17-26)41-32(36)28(18-35)31(27)21-7-11-24(12-8-21)38-19-23-5-3-4-6-29(23)34/h3-17,20,31H,19,36H2,1-2H3. The maximum absolute atomic E-state index is 12.8. The second-order valence-corrected chi connectivity index (χ2v) is 10.1. The van der Waals surface area contributed by atoms with Gasteiger partial charge >= 0.3 is 5.97 Å². The van der Waals surface area contributed by atoms with Gasteiger partial charge in [0.25, 0.3) is 0 Å². The molecule has 0 aromatic heterocycles. The molecular weight excluding hydrogens is 540 g/mol. The molecule has 4 aromatic rings. The fourth-order valence-corrected chi connectivity index (χ4v) is 4.67. The van der Waals surface area contributed by atoms with Crippen LogP contribution in [-0.2, 0) is 6.61 Å². The van der Waals surface area contributed by atoms with Crippen LogP contribution in [0.4, 0.5) is 0 Å². The van der Waals surface area contributed by atoms with E-state index in [9.17, 15) is 10.1 Å². The first-order chi connectivity index (χ1) is 19.8. The van der Waals surface area contributed by atoms with Gasteiger partial charge in [-0.3, -0.25) is 0 Å². The van der Waals surface area contributed by atoms with E-state index in [0.717, 1.165) is 16.7 Å². The van der Waals surface area contributed by atoms with E-state index in [1.807, 2.05) is 62.4 Å². The zero-order valence-electron chi connectivity index (χ0n) is 22.5. The summed E-state index contributed by atoms with van der Waals surface area (Å²) in [6.07, 6.45) is 0.0284. The number of halogens is 1. The molecule has 0 amide bonds. The highest BCUT2D eigenvalue weighted by atomic mass is 35.5. The van der Waals surface area contributed by atoms with Gasteiger partial charge in [0.05, 0.1) is 17.6 Å². The predicted molar refractivity (Wildman–Crippen MR) is 155 cm³/mol. The number of ether oxygens (including phenoxy) is 4. The minimum atomic E-state index is -0.526. The summed E-state index contributed by atoms with van der Waals surface area (Å²) < 4.78 is 22.9. The van der Waals surface area contributed by atoms with Gasteiger partial charge in [-0.1, -0.05) is 48.0 Å². The number of hydrogen-bond acceptors (Lipinski definition) is 7. The summed E-state index contributed by atoms with van der Waals surface area (Å²) in [6.45, 7) is 4.19. The zero-order valence-corrected chi connectivity index (χ0v) is 23.2. The fourth-order valence-electron chi connectivity index (χ4n) is 4.48. The van der Waals surface area contributed by atoms with Gasteiger partial charge < -0.3 is 24.7 Å². The minimum Gasteiger partial charge on any atom is -0.491 e. The van der Waals surface area contributed by atoms with Crippen LogP contribution < -0.4 is 24.7 Å². The summed E-state index contributed by atoms with van der Waals surface area (Å²) in [5, 5.41) is 10.5. The molecule has 0 bridgehead atoms. The number of nitrogens with zero attached hydrogens (tertiary/aromatic N) is 1. The number of rotatable bonds is 8. The lowest BCUT2D eigenvalue weighted by atomic mass is 9.83. The first-order valence-corrected chi connectivity index (χ1v) is 13.4.